The van der Waals surface area contributed by atoms with Crippen LogP contribution in [0.5, 0.6) is 0 Å². The summed E-state index contributed by atoms with van der Waals surface area (Å²) in [5, 5.41) is 6.95. The third-order valence-electron chi connectivity index (χ3n) is 8.02. The summed E-state index contributed by atoms with van der Waals surface area (Å²) >= 11 is 0. The van der Waals surface area contributed by atoms with Gasteiger partial charge in [-0.3, -0.25) is 4.79 Å². The van der Waals surface area contributed by atoms with Crippen molar-refractivity contribution in [3.8, 4) is 0 Å². The van der Waals surface area contributed by atoms with Crippen LogP contribution in [-0.4, -0.2) is 25.2 Å². The van der Waals surface area contributed by atoms with Gasteiger partial charge in [0.05, 0.1) is 12.1 Å². The summed E-state index contributed by atoms with van der Waals surface area (Å²) in [7, 11) is 0. The predicted molar refractivity (Wildman–Crippen MR) is 118 cm³/mol. The van der Waals surface area contributed by atoms with Crippen molar-refractivity contribution in [2.24, 2.45) is 17.8 Å². The van der Waals surface area contributed by atoms with E-state index in [4.69, 9.17) is 4.74 Å². The minimum Gasteiger partial charge on any atom is -0.378 e. The van der Waals surface area contributed by atoms with E-state index in [-0.39, 0.29) is 12.0 Å². The maximum absolute atomic E-state index is 12.8. The number of rotatable bonds is 4. The van der Waals surface area contributed by atoms with Gasteiger partial charge in [0, 0.05) is 24.4 Å². The lowest BCUT2D eigenvalue weighted by molar-refractivity contribution is 0.0857. The van der Waals surface area contributed by atoms with Gasteiger partial charge in [-0.25, -0.2) is 0 Å². The lowest BCUT2D eigenvalue weighted by Gasteiger charge is -2.43. The van der Waals surface area contributed by atoms with E-state index in [1.54, 1.807) is 0 Å². The van der Waals surface area contributed by atoms with Crippen LogP contribution >= 0.6 is 0 Å². The molecule has 156 valence electrons. The second kappa shape index (κ2) is 7.42. The summed E-state index contributed by atoms with van der Waals surface area (Å²) in [6.07, 6.45) is 6.35. The van der Waals surface area contributed by atoms with Gasteiger partial charge < -0.3 is 15.4 Å². The Labute approximate surface area is 178 Å². The second-order valence-electron chi connectivity index (χ2n) is 9.62. The fourth-order valence-corrected chi connectivity index (χ4v) is 6.73. The molecule has 3 fully saturated rings. The number of carbonyl (C=O) groups is 1. The highest BCUT2D eigenvalue weighted by atomic mass is 16.5. The molecular formula is C26H30N2O2. The van der Waals surface area contributed by atoms with E-state index in [2.05, 4.69) is 53.1 Å². The molecule has 2 N–H and O–H groups in total. The van der Waals surface area contributed by atoms with Gasteiger partial charge in [0.25, 0.3) is 5.91 Å². The third-order valence-corrected chi connectivity index (χ3v) is 8.02. The van der Waals surface area contributed by atoms with Crippen LogP contribution in [-0.2, 0) is 4.74 Å². The molecule has 6 atom stereocenters. The fourth-order valence-electron chi connectivity index (χ4n) is 6.73. The molecule has 0 aromatic heterocycles. The average Bonchev–Trinajstić information content (AvgIpc) is 3.55. The SMILES string of the molecule is O=C(NC[C@@H]1CCCO1)c1ccc2c(c1)[C@H]1[C@H]3CC[C@H](C3)[C@@H]1[C@H](c1ccccc1)N2. The Hall–Kier alpha value is -2.33. The number of anilines is 1. The van der Waals surface area contributed by atoms with Gasteiger partial charge in [-0.05, 0) is 85.1 Å². The van der Waals surface area contributed by atoms with Crippen LogP contribution in [0, 0.1) is 17.8 Å². The van der Waals surface area contributed by atoms with E-state index in [0.717, 1.165) is 36.8 Å². The Balaban J connectivity index is 1.29. The number of hydrogen-bond acceptors (Lipinski definition) is 3. The molecule has 1 amide bonds. The first-order valence-corrected chi connectivity index (χ1v) is 11.6. The van der Waals surface area contributed by atoms with Crippen LogP contribution in [0.2, 0.25) is 0 Å². The van der Waals surface area contributed by atoms with E-state index >= 15 is 0 Å². The summed E-state index contributed by atoms with van der Waals surface area (Å²) < 4.78 is 5.65. The first-order chi connectivity index (χ1) is 14.8. The van der Waals surface area contributed by atoms with E-state index in [1.807, 2.05) is 6.07 Å². The van der Waals surface area contributed by atoms with Crippen LogP contribution in [0.3, 0.4) is 0 Å². The van der Waals surface area contributed by atoms with Crippen LogP contribution in [0.15, 0.2) is 48.5 Å². The van der Waals surface area contributed by atoms with E-state index in [1.165, 1.54) is 36.1 Å². The first kappa shape index (κ1) is 18.4. The number of nitrogens with one attached hydrogen (secondary N) is 2. The van der Waals surface area contributed by atoms with E-state index < -0.39 is 0 Å². The Morgan fingerprint density at radius 3 is 2.77 bits per heavy atom. The molecule has 4 heteroatoms. The van der Waals surface area contributed by atoms with Gasteiger partial charge in [0.1, 0.15) is 0 Å². The summed E-state index contributed by atoms with van der Waals surface area (Å²) in [4.78, 5) is 12.8. The highest BCUT2D eigenvalue weighted by Crippen LogP contribution is 2.63. The van der Waals surface area contributed by atoms with Gasteiger partial charge in [-0.15, -0.1) is 0 Å². The molecule has 1 saturated heterocycles. The number of hydrogen-bond donors (Lipinski definition) is 2. The zero-order chi connectivity index (χ0) is 20.1. The van der Waals surface area contributed by atoms with Crippen molar-refractivity contribution < 1.29 is 9.53 Å². The molecule has 2 aromatic rings. The lowest BCUT2D eigenvalue weighted by atomic mass is 9.68. The predicted octanol–water partition coefficient (Wildman–Crippen LogP) is 4.89. The molecule has 0 unspecified atom stereocenters. The third kappa shape index (κ3) is 3.04. The smallest absolute Gasteiger partial charge is 0.251 e. The van der Waals surface area contributed by atoms with Crippen LogP contribution < -0.4 is 10.6 Å². The van der Waals surface area contributed by atoms with Crippen molar-refractivity contribution in [3.63, 3.8) is 0 Å². The number of amides is 1. The summed E-state index contributed by atoms with van der Waals surface area (Å²) in [6, 6.07) is 17.6. The quantitative estimate of drug-likeness (QED) is 0.765. The van der Waals surface area contributed by atoms with Crippen molar-refractivity contribution >= 4 is 11.6 Å². The molecule has 2 aliphatic heterocycles. The van der Waals surface area contributed by atoms with Crippen LogP contribution in [0.4, 0.5) is 5.69 Å². The van der Waals surface area contributed by atoms with Gasteiger partial charge in [0.2, 0.25) is 0 Å². The van der Waals surface area contributed by atoms with Crippen molar-refractivity contribution in [2.75, 3.05) is 18.5 Å². The molecule has 2 aliphatic carbocycles. The maximum atomic E-state index is 12.8. The highest BCUT2D eigenvalue weighted by molar-refractivity contribution is 5.95. The first-order valence-electron chi connectivity index (χ1n) is 11.6. The monoisotopic (exact) mass is 402 g/mol. The maximum Gasteiger partial charge on any atom is 0.251 e. The van der Waals surface area contributed by atoms with E-state index in [9.17, 15) is 4.79 Å². The molecule has 30 heavy (non-hydrogen) atoms. The van der Waals surface area contributed by atoms with Gasteiger partial charge in [-0.1, -0.05) is 30.3 Å². The minimum absolute atomic E-state index is 0.0261. The van der Waals surface area contributed by atoms with Crippen LogP contribution in [0.25, 0.3) is 0 Å². The molecule has 2 bridgehead atoms. The van der Waals surface area contributed by atoms with Gasteiger partial charge in [0.15, 0.2) is 0 Å². The van der Waals surface area contributed by atoms with Gasteiger partial charge in [-0.2, -0.15) is 0 Å². The molecule has 2 heterocycles. The van der Waals surface area contributed by atoms with Gasteiger partial charge >= 0.3 is 0 Å². The summed E-state index contributed by atoms with van der Waals surface area (Å²) in [5.41, 5.74) is 4.76. The molecule has 4 aliphatic rings. The largest absolute Gasteiger partial charge is 0.378 e. The summed E-state index contributed by atoms with van der Waals surface area (Å²) in [5.74, 6) is 2.78. The van der Waals surface area contributed by atoms with Crippen molar-refractivity contribution in [2.45, 2.75) is 50.2 Å². The molecule has 0 spiro atoms. The fraction of sp³-hybridized carbons (Fsp3) is 0.500. The average molecular weight is 403 g/mol. The normalized spacial score (nSPS) is 33.6. The molecule has 2 saturated carbocycles. The minimum atomic E-state index is 0.0261. The molecule has 6 rings (SSSR count). The lowest BCUT2D eigenvalue weighted by Crippen LogP contribution is -2.36. The zero-order valence-electron chi connectivity index (χ0n) is 17.3. The van der Waals surface area contributed by atoms with E-state index in [0.29, 0.717) is 24.4 Å². The number of benzene rings is 2. The topological polar surface area (TPSA) is 50.4 Å². The summed E-state index contributed by atoms with van der Waals surface area (Å²) in [6.45, 7) is 1.43. The molecule has 4 nitrogen and oxygen atoms in total. The van der Waals surface area contributed by atoms with Crippen LogP contribution in [0.1, 0.15) is 65.5 Å². The second-order valence-corrected chi connectivity index (χ2v) is 9.62. The molecule has 2 aromatic carbocycles. The van der Waals surface area contributed by atoms with Crippen molar-refractivity contribution in [1.29, 1.82) is 0 Å². The Morgan fingerprint density at radius 2 is 1.93 bits per heavy atom. The Morgan fingerprint density at radius 1 is 1.07 bits per heavy atom. The Kier molecular flexibility index (Phi) is 4.56. The number of ether oxygens (including phenoxy) is 1. The zero-order valence-corrected chi connectivity index (χ0v) is 17.3. The van der Waals surface area contributed by atoms with Crippen molar-refractivity contribution in [3.05, 3.63) is 65.2 Å². The standard InChI is InChI=1S/C26H30N2O2/c29-26(27-15-20-7-4-12-30-20)19-10-11-22-21(14-19)23-17-8-9-18(13-17)24(23)25(28-22)16-5-2-1-3-6-16/h1-3,5-6,10-11,14,17-18,20,23-25,28H,4,7-9,12-13,15H2,(H,27,29)/t17-,18+,20-,23+,24-,25-/m0/s1. The number of fused-ring (bicyclic) bond motifs is 7. The van der Waals surface area contributed by atoms with Crippen molar-refractivity contribution in [1.82, 2.24) is 5.32 Å². The molecular weight excluding hydrogens is 372 g/mol. The molecule has 0 radical (unpaired) electrons. The highest BCUT2D eigenvalue weighted by Gasteiger charge is 2.53. The number of carbonyl (C=O) groups excluding carboxylic acids is 1. The Bertz CT molecular complexity index is 937.